The van der Waals surface area contributed by atoms with Crippen molar-refractivity contribution in [1.29, 1.82) is 0 Å². The van der Waals surface area contributed by atoms with Crippen molar-refractivity contribution in [1.82, 2.24) is 9.80 Å². The fourth-order valence-electron chi connectivity index (χ4n) is 7.08. The summed E-state index contributed by atoms with van der Waals surface area (Å²) >= 11 is 1.45. The summed E-state index contributed by atoms with van der Waals surface area (Å²) < 4.78 is 0. The summed E-state index contributed by atoms with van der Waals surface area (Å²) in [5.41, 5.74) is 5.73. The fourth-order valence-corrected chi connectivity index (χ4v) is 8.37. The minimum absolute atomic E-state index is 0.0860. The van der Waals surface area contributed by atoms with Gasteiger partial charge in [-0.15, -0.1) is 11.3 Å². The Morgan fingerprint density at radius 2 is 1.44 bits per heavy atom. The number of aliphatic carboxylic acids is 1. The van der Waals surface area contributed by atoms with Crippen molar-refractivity contribution in [2.24, 2.45) is 5.92 Å². The monoisotopic (exact) mass is 796 g/mol. The molecule has 57 heavy (non-hydrogen) atoms. The van der Waals surface area contributed by atoms with Crippen molar-refractivity contribution in [3.8, 4) is 0 Å². The number of likely N-dealkylation sites (N-methyl/N-ethyl adjacent to an activating group) is 1. The first kappa shape index (κ1) is 42.8. The lowest BCUT2D eigenvalue weighted by molar-refractivity contribution is -0.140. The zero-order valence-electron chi connectivity index (χ0n) is 32.8. The summed E-state index contributed by atoms with van der Waals surface area (Å²) in [7, 11) is 1.64. The van der Waals surface area contributed by atoms with Crippen LogP contribution >= 0.6 is 11.3 Å². The number of fused-ring (bicyclic) bond motifs is 1. The largest absolute Gasteiger partial charge is 0.481 e. The molecule has 0 bridgehead atoms. The zero-order valence-corrected chi connectivity index (χ0v) is 33.6. The molecule has 0 spiro atoms. The molecule has 0 fully saturated rings. The number of hydrogen-bond donors (Lipinski definition) is 5. The maximum absolute atomic E-state index is 13.9. The molecule has 4 aromatic rings. The molecule has 0 saturated carbocycles. The Bertz CT molecular complexity index is 2040. The summed E-state index contributed by atoms with van der Waals surface area (Å²) in [6.07, 6.45) is 4.75. The van der Waals surface area contributed by atoms with Gasteiger partial charge >= 0.3 is 11.9 Å². The van der Waals surface area contributed by atoms with Crippen LogP contribution in [-0.4, -0.2) is 87.6 Å². The molecule has 13 heteroatoms. The number of nitrogens with zero attached hydrogens (tertiary/aromatic N) is 2. The predicted octanol–water partition coefficient (Wildman–Crippen LogP) is 6.76. The molecule has 1 aliphatic rings. The number of amides is 3. The van der Waals surface area contributed by atoms with Crippen LogP contribution in [0.4, 0.5) is 10.7 Å². The lowest BCUT2D eigenvalue weighted by Crippen LogP contribution is -2.45. The van der Waals surface area contributed by atoms with Gasteiger partial charge in [-0.25, -0.2) is 4.79 Å². The van der Waals surface area contributed by atoms with Crippen LogP contribution in [0.5, 0.6) is 0 Å². The summed E-state index contributed by atoms with van der Waals surface area (Å²) in [6, 6.07) is 21.5. The van der Waals surface area contributed by atoms with Crippen molar-refractivity contribution in [2.45, 2.75) is 77.8 Å². The molecule has 0 radical (unpaired) electrons. The molecule has 0 aliphatic heterocycles. The molecule has 0 unspecified atom stereocenters. The van der Waals surface area contributed by atoms with E-state index in [-0.39, 0.29) is 54.7 Å². The third-order valence-electron chi connectivity index (χ3n) is 10.4. The van der Waals surface area contributed by atoms with E-state index in [0.717, 1.165) is 65.7 Å². The van der Waals surface area contributed by atoms with E-state index in [1.807, 2.05) is 56.3 Å². The normalized spacial score (nSPS) is 12.9. The van der Waals surface area contributed by atoms with E-state index in [2.05, 4.69) is 15.5 Å². The van der Waals surface area contributed by atoms with Gasteiger partial charge < -0.3 is 30.9 Å². The number of aliphatic hydroxyl groups is 1. The summed E-state index contributed by atoms with van der Waals surface area (Å²) in [4.78, 5) is 67.0. The van der Waals surface area contributed by atoms with Gasteiger partial charge in [-0.2, -0.15) is 0 Å². The Balaban J connectivity index is 1.26. The number of aromatic carboxylic acids is 1. The second-order valence-corrected chi connectivity index (χ2v) is 16.0. The van der Waals surface area contributed by atoms with Crippen molar-refractivity contribution in [3.63, 3.8) is 0 Å². The number of anilines is 2. The highest BCUT2D eigenvalue weighted by Gasteiger charge is 2.28. The zero-order chi connectivity index (χ0) is 41.1. The number of carbonyl (C=O) groups excluding carboxylic acids is 3. The number of aliphatic hydroxyl groups excluding tert-OH is 1. The van der Waals surface area contributed by atoms with E-state index >= 15 is 0 Å². The molecule has 0 saturated heterocycles. The SMILES string of the molecule is CC(C)[C@H](CO)N(CCN(C)C(=O)CCC(=O)O)Cc1cccc(C(=O)Nc2sc3c(c2C(=O)Nc2ccc(CCc4ccc(C(=O)O)cc4)cc2)CCCC3)c1. The van der Waals surface area contributed by atoms with Gasteiger partial charge in [0.15, 0.2) is 0 Å². The number of carbonyl (C=O) groups is 5. The Labute approximate surface area is 337 Å². The van der Waals surface area contributed by atoms with Crippen molar-refractivity contribution in [2.75, 3.05) is 37.4 Å². The average molecular weight is 797 g/mol. The highest BCUT2D eigenvalue weighted by Crippen LogP contribution is 2.39. The van der Waals surface area contributed by atoms with Crippen LogP contribution in [0, 0.1) is 5.92 Å². The molecule has 1 aromatic heterocycles. The van der Waals surface area contributed by atoms with Crippen LogP contribution in [0.3, 0.4) is 0 Å². The third-order valence-corrected chi connectivity index (χ3v) is 11.6. The van der Waals surface area contributed by atoms with Crippen LogP contribution in [0.1, 0.15) is 97.7 Å². The minimum Gasteiger partial charge on any atom is -0.481 e. The van der Waals surface area contributed by atoms with E-state index < -0.39 is 11.9 Å². The van der Waals surface area contributed by atoms with Crippen molar-refractivity contribution < 1.29 is 39.3 Å². The van der Waals surface area contributed by atoms with Crippen molar-refractivity contribution >= 4 is 51.7 Å². The Kier molecular flexibility index (Phi) is 15.1. The second-order valence-electron chi connectivity index (χ2n) is 14.9. The van der Waals surface area contributed by atoms with Crippen LogP contribution in [-0.2, 0) is 41.8 Å². The summed E-state index contributed by atoms with van der Waals surface area (Å²) in [5.74, 6) is -2.77. The number of thiophene rings is 1. The molecule has 5 N–H and O–H groups in total. The summed E-state index contributed by atoms with van der Waals surface area (Å²) in [5, 5.41) is 35.0. The lowest BCUT2D eigenvalue weighted by Gasteiger charge is -2.34. The average Bonchev–Trinajstić information content (AvgIpc) is 3.56. The Hall–Kier alpha value is -5.37. The van der Waals surface area contributed by atoms with E-state index in [9.17, 15) is 29.1 Å². The first-order valence-electron chi connectivity index (χ1n) is 19.4. The first-order valence-corrected chi connectivity index (χ1v) is 20.2. The minimum atomic E-state index is -1.03. The standard InChI is InChI=1S/C44H52N4O8S/c1-28(2)36(27-49)48(24-23-47(3)38(50)21-22-39(51)52)26-31-7-6-8-33(25-31)41(53)46-43-40(35-9-4-5-10-37(35)57-43)42(54)45-34-19-15-30(16-20-34)12-11-29-13-17-32(18-14-29)44(55)56/h6-8,13-20,25,28,36,49H,4-5,9-12,21-24,26-27H2,1-3H3,(H,45,54)(H,46,53)(H,51,52)(H,55,56)/t36-/m0/s1. The number of carboxylic acids is 2. The van der Waals surface area contributed by atoms with Gasteiger partial charge in [0.05, 0.1) is 24.2 Å². The van der Waals surface area contributed by atoms with E-state index in [0.29, 0.717) is 41.4 Å². The molecule has 5 rings (SSSR count). The fraction of sp³-hybridized carbons (Fsp3) is 0.386. The summed E-state index contributed by atoms with van der Waals surface area (Å²) in [6.45, 7) is 5.10. The number of carboxylic acid groups (broad SMARTS) is 2. The number of aryl methyl sites for hydroxylation is 3. The van der Waals surface area contributed by atoms with Gasteiger partial charge in [0.2, 0.25) is 5.91 Å². The van der Waals surface area contributed by atoms with Gasteiger partial charge in [0.25, 0.3) is 11.8 Å². The lowest BCUT2D eigenvalue weighted by atomic mass is 9.95. The van der Waals surface area contributed by atoms with Crippen LogP contribution < -0.4 is 10.6 Å². The van der Waals surface area contributed by atoms with Gasteiger partial charge in [0.1, 0.15) is 5.00 Å². The van der Waals surface area contributed by atoms with E-state index in [1.165, 1.54) is 16.2 Å². The molecule has 3 aromatic carbocycles. The van der Waals surface area contributed by atoms with Crippen molar-refractivity contribution in [3.05, 3.63) is 117 Å². The predicted molar refractivity (Wildman–Crippen MR) is 221 cm³/mol. The van der Waals surface area contributed by atoms with Gasteiger partial charge in [0, 0.05) is 55.3 Å². The number of rotatable bonds is 19. The van der Waals surface area contributed by atoms with Crippen LogP contribution in [0.25, 0.3) is 0 Å². The highest BCUT2D eigenvalue weighted by atomic mass is 32.1. The molecular weight excluding hydrogens is 745 g/mol. The number of hydrogen-bond acceptors (Lipinski definition) is 8. The van der Waals surface area contributed by atoms with Crippen LogP contribution in [0.15, 0.2) is 72.8 Å². The molecule has 302 valence electrons. The highest BCUT2D eigenvalue weighted by molar-refractivity contribution is 7.17. The Morgan fingerprint density at radius 1 is 0.772 bits per heavy atom. The quantitative estimate of drug-likeness (QED) is 0.0687. The van der Waals surface area contributed by atoms with Gasteiger partial charge in [-0.05, 0) is 103 Å². The van der Waals surface area contributed by atoms with E-state index in [1.54, 1.807) is 37.4 Å². The number of nitrogens with one attached hydrogen (secondary N) is 2. The number of benzene rings is 3. The van der Waals surface area contributed by atoms with Crippen LogP contribution in [0.2, 0.25) is 0 Å². The Morgan fingerprint density at radius 3 is 2.07 bits per heavy atom. The maximum Gasteiger partial charge on any atom is 0.335 e. The van der Waals surface area contributed by atoms with Gasteiger partial charge in [-0.1, -0.05) is 50.2 Å². The molecule has 1 heterocycles. The topological polar surface area (TPSA) is 177 Å². The first-order chi connectivity index (χ1) is 27.3. The van der Waals surface area contributed by atoms with E-state index in [4.69, 9.17) is 10.2 Å². The molecule has 3 amide bonds. The molecule has 1 aliphatic carbocycles. The maximum atomic E-state index is 13.9. The third kappa shape index (κ3) is 11.8. The molecule has 12 nitrogen and oxygen atoms in total. The molecular formula is C44H52N4O8S. The smallest absolute Gasteiger partial charge is 0.335 e. The molecule has 1 atom stereocenters. The second kappa shape index (κ2) is 20.2. The van der Waals surface area contributed by atoms with Gasteiger partial charge in [-0.3, -0.25) is 24.1 Å².